The van der Waals surface area contributed by atoms with Gasteiger partial charge in [-0.15, -0.1) is 0 Å². The Morgan fingerprint density at radius 3 is 2.93 bits per heavy atom. The fraction of sp³-hybridized carbons (Fsp3) is 0.222. The largest absolute Gasteiger partial charge is 0.345 e. The summed E-state index contributed by atoms with van der Waals surface area (Å²) in [6, 6.07) is 3.75. The predicted octanol–water partition coefficient (Wildman–Crippen LogP) is 0.0251. The van der Waals surface area contributed by atoms with Crippen LogP contribution >= 0.6 is 0 Å². The number of aryl methyl sites for hydroxylation is 1. The first-order valence-electron chi connectivity index (χ1n) is 4.25. The van der Waals surface area contributed by atoms with Crippen LogP contribution in [0.5, 0.6) is 0 Å². The van der Waals surface area contributed by atoms with Gasteiger partial charge >= 0.3 is 5.69 Å². The summed E-state index contributed by atoms with van der Waals surface area (Å²) in [6.07, 6.45) is 4.92. The lowest BCUT2D eigenvalue weighted by Crippen LogP contribution is -2.23. The van der Waals surface area contributed by atoms with Gasteiger partial charge in [0, 0.05) is 19.4 Å². The smallest absolute Gasteiger partial charge is 0.285 e. The number of nitrogens with zero attached hydrogens (tertiary/aromatic N) is 4. The lowest BCUT2D eigenvalue weighted by molar-refractivity contribution is 0.645. The molecule has 5 heteroatoms. The molecule has 0 radical (unpaired) electrons. The number of hydrogen-bond acceptors (Lipinski definition) is 3. The Balaban J connectivity index is 2.28. The number of hydrogen-bond donors (Lipinski definition) is 0. The first-order chi connectivity index (χ1) is 6.77. The van der Waals surface area contributed by atoms with Crippen LogP contribution in [0.2, 0.25) is 0 Å². The lowest BCUT2D eigenvalue weighted by atomic mass is 10.3. The normalized spacial score (nSPS) is 10.4. The van der Waals surface area contributed by atoms with Crippen LogP contribution in [0.15, 0.2) is 35.6 Å². The molecular formula is C9H10N4O. The summed E-state index contributed by atoms with van der Waals surface area (Å²) in [7, 11) is 1.68. The van der Waals surface area contributed by atoms with Gasteiger partial charge in [0.15, 0.2) is 0 Å². The Labute approximate surface area is 80.6 Å². The van der Waals surface area contributed by atoms with Crippen LogP contribution in [-0.2, 0) is 13.6 Å². The molecule has 0 unspecified atom stereocenters. The molecule has 0 aliphatic heterocycles. The van der Waals surface area contributed by atoms with Crippen molar-refractivity contribution >= 4 is 0 Å². The standard InChI is InChI=1S/C9H10N4O/c1-12-7-11-13(9(12)14)6-8-3-2-4-10-5-8/h2-5,7H,6H2,1H3. The predicted molar refractivity (Wildman–Crippen MR) is 50.8 cm³/mol. The molecule has 0 saturated carbocycles. The Hall–Kier alpha value is -1.91. The summed E-state index contributed by atoms with van der Waals surface area (Å²) in [4.78, 5) is 15.4. The zero-order chi connectivity index (χ0) is 9.97. The highest BCUT2D eigenvalue weighted by Gasteiger charge is 2.01. The van der Waals surface area contributed by atoms with Gasteiger partial charge in [-0.1, -0.05) is 6.07 Å². The average Bonchev–Trinajstić information content (AvgIpc) is 2.52. The third-order valence-corrected chi connectivity index (χ3v) is 1.94. The van der Waals surface area contributed by atoms with E-state index in [0.29, 0.717) is 6.54 Å². The fourth-order valence-corrected chi connectivity index (χ4v) is 1.19. The van der Waals surface area contributed by atoms with Crippen molar-refractivity contribution in [1.29, 1.82) is 0 Å². The molecule has 2 heterocycles. The molecule has 14 heavy (non-hydrogen) atoms. The van der Waals surface area contributed by atoms with Gasteiger partial charge in [0.2, 0.25) is 0 Å². The Kier molecular flexibility index (Phi) is 2.14. The molecule has 0 N–H and O–H groups in total. The highest BCUT2D eigenvalue weighted by molar-refractivity contribution is 5.08. The van der Waals surface area contributed by atoms with Crippen molar-refractivity contribution in [3.8, 4) is 0 Å². The van der Waals surface area contributed by atoms with Gasteiger partial charge in [-0.3, -0.25) is 9.55 Å². The van der Waals surface area contributed by atoms with Gasteiger partial charge in [0.25, 0.3) is 0 Å². The molecule has 72 valence electrons. The zero-order valence-electron chi connectivity index (χ0n) is 7.79. The number of aromatic nitrogens is 4. The molecule has 0 fully saturated rings. The van der Waals surface area contributed by atoms with E-state index in [0.717, 1.165) is 5.56 Å². The molecule has 0 aliphatic carbocycles. The molecule has 0 aliphatic rings. The van der Waals surface area contributed by atoms with Crippen LogP contribution in [0.1, 0.15) is 5.56 Å². The number of pyridine rings is 1. The van der Waals surface area contributed by atoms with Gasteiger partial charge in [0.05, 0.1) is 6.54 Å². The summed E-state index contributed by atoms with van der Waals surface area (Å²) in [5.41, 5.74) is 0.849. The topological polar surface area (TPSA) is 52.7 Å². The van der Waals surface area contributed by atoms with Crippen LogP contribution in [0.4, 0.5) is 0 Å². The lowest BCUT2D eigenvalue weighted by Gasteiger charge is -1.98. The van der Waals surface area contributed by atoms with Crippen LogP contribution in [0, 0.1) is 0 Å². The third-order valence-electron chi connectivity index (χ3n) is 1.94. The molecular weight excluding hydrogens is 180 g/mol. The molecule has 0 spiro atoms. The molecule has 0 saturated heterocycles. The fourth-order valence-electron chi connectivity index (χ4n) is 1.19. The SMILES string of the molecule is Cn1cnn(Cc2cccnc2)c1=O. The second kappa shape index (κ2) is 3.45. The number of rotatable bonds is 2. The quantitative estimate of drug-likeness (QED) is 0.671. The van der Waals surface area contributed by atoms with E-state index in [1.807, 2.05) is 12.1 Å². The van der Waals surface area contributed by atoms with E-state index in [9.17, 15) is 4.79 Å². The van der Waals surface area contributed by atoms with Crippen molar-refractivity contribution in [2.24, 2.45) is 7.05 Å². The van der Waals surface area contributed by atoms with Gasteiger partial charge in [-0.2, -0.15) is 5.10 Å². The van der Waals surface area contributed by atoms with Crippen molar-refractivity contribution in [1.82, 2.24) is 19.3 Å². The molecule has 0 aromatic carbocycles. The minimum Gasteiger partial charge on any atom is -0.285 e. The van der Waals surface area contributed by atoms with Gasteiger partial charge < -0.3 is 0 Å². The maximum atomic E-state index is 11.4. The molecule has 0 amide bonds. The van der Waals surface area contributed by atoms with Gasteiger partial charge in [-0.25, -0.2) is 9.48 Å². The van der Waals surface area contributed by atoms with E-state index in [2.05, 4.69) is 10.1 Å². The molecule has 2 rings (SSSR count). The van der Waals surface area contributed by atoms with E-state index in [-0.39, 0.29) is 5.69 Å². The van der Waals surface area contributed by atoms with E-state index < -0.39 is 0 Å². The van der Waals surface area contributed by atoms with Crippen molar-refractivity contribution < 1.29 is 0 Å². The minimum absolute atomic E-state index is 0.117. The summed E-state index contributed by atoms with van der Waals surface area (Å²) < 4.78 is 2.84. The van der Waals surface area contributed by atoms with Crippen LogP contribution in [0.25, 0.3) is 0 Å². The monoisotopic (exact) mass is 190 g/mol. The van der Waals surface area contributed by atoms with Gasteiger partial charge in [0.1, 0.15) is 6.33 Å². The first kappa shape index (κ1) is 8.68. The minimum atomic E-state index is -0.117. The Morgan fingerprint density at radius 1 is 1.50 bits per heavy atom. The van der Waals surface area contributed by atoms with Crippen molar-refractivity contribution in [2.45, 2.75) is 6.54 Å². The average molecular weight is 190 g/mol. The summed E-state index contributed by atoms with van der Waals surface area (Å²) in [5, 5.41) is 3.95. The van der Waals surface area contributed by atoms with E-state index in [1.165, 1.54) is 15.6 Å². The summed E-state index contributed by atoms with van der Waals surface area (Å²) in [6.45, 7) is 0.466. The Bertz CT molecular complexity index is 471. The van der Waals surface area contributed by atoms with E-state index in [1.54, 1.807) is 19.4 Å². The third kappa shape index (κ3) is 1.56. The Morgan fingerprint density at radius 2 is 2.36 bits per heavy atom. The molecule has 2 aromatic heterocycles. The van der Waals surface area contributed by atoms with E-state index in [4.69, 9.17) is 0 Å². The summed E-state index contributed by atoms with van der Waals surface area (Å²) >= 11 is 0. The van der Waals surface area contributed by atoms with Crippen molar-refractivity contribution in [3.63, 3.8) is 0 Å². The zero-order valence-corrected chi connectivity index (χ0v) is 7.79. The highest BCUT2D eigenvalue weighted by atomic mass is 16.2. The van der Waals surface area contributed by atoms with Crippen molar-refractivity contribution in [2.75, 3.05) is 0 Å². The second-order valence-electron chi connectivity index (χ2n) is 3.04. The van der Waals surface area contributed by atoms with Crippen molar-refractivity contribution in [3.05, 3.63) is 46.9 Å². The highest BCUT2D eigenvalue weighted by Crippen LogP contribution is 1.96. The first-order valence-corrected chi connectivity index (χ1v) is 4.25. The maximum Gasteiger partial charge on any atom is 0.345 e. The van der Waals surface area contributed by atoms with Crippen LogP contribution in [-0.4, -0.2) is 19.3 Å². The van der Waals surface area contributed by atoms with Crippen LogP contribution < -0.4 is 5.69 Å². The van der Waals surface area contributed by atoms with E-state index >= 15 is 0 Å². The summed E-state index contributed by atoms with van der Waals surface area (Å²) in [5.74, 6) is 0. The molecule has 2 aromatic rings. The second-order valence-corrected chi connectivity index (χ2v) is 3.04. The molecule has 0 atom stereocenters. The molecule has 5 nitrogen and oxygen atoms in total. The molecule has 0 bridgehead atoms. The van der Waals surface area contributed by atoms with Crippen LogP contribution in [0.3, 0.4) is 0 Å². The van der Waals surface area contributed by atoms with Gasteiger partial charge in [-0.05, 0) is 11.6 Å². The maximum absolute atomic E-state index is 11.4.